The second kappa shape index (κ2) is 6.22. The van der Waals surface area contributed by atoms with Crippen molar-refractivity contribution < 1.29 is 16.8 Å². The molecule has 0 amide bonds. The van der Waals surface area contributed by atoms with Crippen molar-refractivity contribution >= 4 is 34.7 Å². The molecule has 1 aromatic carbocycles. The molecule has 1 aromatic rings. The van der Waals surface area contributed by atoms with Crippen molar-refractivity contribution in [2.45, 2.75) is 0 Å². The molecule has 10 heavy (non-hydrogen) atoms. The van der Waals surface area contributed by atoms with Crippen LogP contribution in [0.1, 0.15) is 0 Å². The van der Waals surface area contributed by atoms with Crippen LogP contribution in [-0.4, -0.2) is 23.1 Å². The maximum absolute atomic E-state index is 12.1. The van der Waals surface area contributed by atoms with Gasteiger partial charge in [-0.15, -0.1) is 12.1 Å². The van der Waals surface area contributed by atoms with E-state index in [1.807, 2.05) is 0 Å². The van der Waals surface area contributed by atoms with Gasteiger partial charge in [0.25, 0.3) is 0 Å². The molecule has 50 valence electrons. The molecule has 0 bridgehead atoms. The molecule has 0 spiro atoms. The summed E-state index contributed by atoms with van der Waals surface area (Å²) < 4.78 is 12.1. The third-order valence-electron chi connectivity index (χ3n) is 0.718. The Hall–Kier alpha value is 0.496. The van der Waals surface area contributed by atoms with Gasteiger partial charge in [0, 0.05) is 5.82 Å². The Morgan fingerprint density at radius 3 is 2.30 bits per heavy atom. The van der Waals surface area contributed by atoms with Crippen LogP contribution in [-0.2, 0) is 0 Å². The van der Waals surface area contributed by atoms with E-state index in [0.29, 0.717) is 5.02 Å². The molecule has 0 aliphatic rings. The van der Waals surface area contributed by atoms with E-state index in [1.165, 1.54) is 18.2 Å². The van der Waals surface area contributed by atoms with Crippen molar-refractivity contribution in [2.24, 2.45) is 0 Å². The second-order valence-electron chi connectivity index (χ2n) is 1.37. The third kappa shape index (κ3) is 4.33. The molecule has 0 radical (unpaired) electrons. The molecule has 4 heteroatoms. The Bertz CT molecular complexity index is 176. The van der Waals surface area contributed by atoms with Crippen LogP contribution in [0.25, 0.3) is 0 Å². The molecule has 0 unspecified atom stereocenters. The molecule has 0 aliphatic carbocycles. The first-order chi connectivity index (χ1) is 3.79. The summed E-state index contributed by atoms with van der Waals surface area (Å²) in [4.78, 5) is 0. The zero-order valence-electron chi connectivity index (χ0n) is 5.07. The fourth-order valence-electron chi connectivity index (χ4n) is 0.416. The van der Waals surface area contributed by atoms with Crippen LogP contribution in [0.15, 0.2) is 18.2 Å². The second-order valence-corrected chi connectivity index (χ2v) is 1.81. The maximum Gasteiger partial charge on any atom is 2.00 e. The summed E-state index contributed by atoms with van der Waals surface area (Å²) >= 11 is 5.37. The number of hydrogen-bond acceptors (Lipinski definition) is 0. The average Bonchev–Trinajstić information content (AvgIpc) is 1.64. The van der Waals surface area contributed by atoms with Crippen LogP contribution in [0.2, 0.25) is 5.02 Å². The van der Waals surface area contributed by atoms with Gasteiger partial charge in [0.15, 0.2) is 0 Å². The van der Waals surface area contributed by atoms with E-state index in [1.54, 1.807) is 0 Å². The van der Waals surface area contributed by atoms with Gasteiger partial charge < -0.3 is 12.4 Å². The van der Waals surface area contributed by atoms with Gasteiger partial charge in [0.2, 0.25) is 0 Å². The number of benzene rings is 1. The topological polar surface area (TPSA) is 0 Å². The molecule has 1 rings (SSSR count). The summed E-state index contributed by atoms with van der Waals surface area (Å²) in [6.07, 6.45) is 0. The summed E-state index contributed by atoms with van der Waals surface area (Å²) in [5.74, 6) is -0.350. The van der Waals surface area contributed by atoms with E-state index in [0.717, 1.165) is 0 Å². The SMILES string of the molecule is Fc1c[c-]cc(Cl)c1.[Cl-].[Mg+2]. The number of halogens is 3. The molecule has 0 fully saturated rings. The molecular weight excluding hydrogens is 186 g/mol. The van der Waals surface area contributed by atoms with Crippen molar-refractivity contribution in [2.75, 3.05) is 0 Å². The van der Waals surface area contributed by atoms with Crippen LogP contribution >= 0.6 is 11.6 Å². The quantitative estimate of drug-likeness (QED) is 0.359. The van der Waals surface area contributed by atoms with Crippen molar-refractivity contribution in [3.63, 3.8) is 0 Å². The Morgan fingerprint density at radius 1 is 1.40 bits per heavy atom. The first-order valence-corrected chi connectivity index (χ1v) is 2.49. The molecule has 0 N–H and O–H groups in total. The molecule has 0 atom stereocenters. The van der Waals surface area contributed by atoms with Crippen molar-refractivity contribution in [3.8, 4) is 0 Å². The van der Waals surface area contributed by atoms with Gasteiger partial charge >= 0.3 is 23.1 Å². The molecule has 0 heterocycles. The largest absolute Gasteiger partial charge is 2.00 e. The minimum absolute atomic E-state index is 0. The normalized spacial score (nSPS) is 7.40. The van der Waals surface area contributed by atoms with Crippen LogP contribution in [0.5, 0.6) is 0 Å². The van der Waals surface area contributed by atoms with Crippen LogP contribution in [0, 0.1) is 11.9 Å². The zero-order valence-corrected chi connectivity index (χ0v) is 8.00. The molecule has 0 aliphatic heterocycles. The van der Waals surface area contributed by atoms with E-state index in [9.17, 15) is 4.39 Å². The average molecular weight is 189 g/mol. The Kier molecular flexibility index (Phi) is 8.16. The van der Waals surface area contributed by atoms with E-state index in [4.69, 9.17) is 11.6 Å². The van der Waals surface area contributed by atoms with Gasteiger partial charge in [0.05, 0.1) is 0 Å². The van der Waals surface area contributed by atoms with Crippen molar-refractivity contribution in [1.29, 1.82) is 0 Å². The first kappa shape index (κ1) is 13.1. The number of hydrogen-bond donors (Lipinski definition) is 0. The fourth-order valence-corrected chi connectivity index (χ4v) is 0.583. The molecule has 0 saturated heterocycles. The Balaban J connectivity index is 0. The number of rotatable bonds is 0. The van der Waals surface area contributed by atoms with Gasteiger partial charge in [-0.2, -0.15) is 23.7 Å². The van der Waals surface area contributed by atoms with Gasteiger partial charge in [-0.1, -0.05) is 5.02 Å². The molecule has 0 saturated carbocycles. The maximum atomic E-state index is 12.1. The minimum atomic E-state index is -0.350. The molecule has 0 nitrogen and oxygen atoms in total. The summed E-state index contributed by atoms with van der Waals surface area (Å²) in [5, 5.41) is 0.380. The van der Waals surface area contributed by atoms with Crippen LogP contribution in [0.4, 0.5) is 4.39 Å². The summed E-state index contributed by atoms with van der Waals surface area (Å²) in [5.41, 5.74) is 0. The van der Waals surface area contributed by atoms with Crippen molar-refractivity contribution in [3.05, 3.63) is 35.1 Å². The van der Waals surface area contributed by atoms with Gasteiger partial charge in [0.1, 0.15) is 0 Å². The summed E-state index contributed by atoms with van der Waals surface area (Å²) in [6, 6.07) is 6.49. The van der Waals surface area contributed by atoms with E-state index in [2.05, 4.69) is 6.07 Å². The Labute approximate surface area is 86.3 Å². The summed E-state index contributed by atoms with van der Waals surface area (Å²) in [6.45, 7) is 0. The monoisotopic (exact) mass is 188 g/mol. The smallest absolute Gasteiger partial charge is 1.00 e. The standard InChI is InChI=1S/C6H3ClF.ClH.Mg/c7-5-2-1-3-6(8)4-5;;/h2-4H;1H;/q-1;;+2/p-1. The summed E-state index contributed by atoms with van der Waals surface area (Å²) in [7, 11) is 0. The fraction of sp³-hybridized carbons (Fsp3) is 0. The van der Waals surface area contributed by atoms with Crippen LogP contribution in [0.3, 0.4) is 0 Å². The van der Waals surface area contributed by atoms with Crippen molar-refractivity contribution in [1.82, 2.24) is 0 Å². The van der Waals surface area contributed by atoms with Crippen LogP contribution < -0.4 is 12.4 Å². The Morgan fingerprint density at radius 2 is 2.00 bits per heavy atom. The predicted octanol–water partition coefficient (Wildman–Crippen LogP) is -1.10. The molecule has 0 aromatic heterocycles. The van der Waals surface area contributed by atoms with Gasteiger partial charge in [-0.3, -0.25) is 4.39 Å². The van der Waals surface area contributed by atoms with Gasteiger partial charge in [-0.05, 0) is 0 Å². The molecular formula is C6H3Cl2FMg. The minimum Gasteiger partial charge on any atom is -1.00 e. The van der Waals surface area contributed by atoms with E-state index in [-0.39, 0.29) is 41.3 Å². The predicted molar refractivity (Wildman–Crippen MR) is 36.0 cm³/mol. The van der Waals surface area contributed by atoms with E-state index >= 15 is 0 Å². The van der Waals surface area contributed by atoms with Gasteiger partial charge in [-0.25, -0.2) is 0 Å². The zero-order chi connectivity index (χ0) is 5.98. The first-order valence-electron chi connectivity index (χ1n) is 2.11. The van der Waals surface area contributed by atoms with E-state index < -0.39 is 0 Å². The third-order valence-corrected chi connectivity index (χ3v) is 0.936.